The van der Waals surface area contributed by atoms with Gasteiger partial charge in [-0.1, -0.05) is 134 Å². The van der Waals surface area contributed by atoms with Crippen molar-refractivity contribution in [1.82, 2.24) is 9.13 Å². The summed E-state index contributed by atoms with van der Waals surface area (Å²) in [6, 6.07) is 58.9. The predicted molar refractivity (Wildman–Crippen MR) is 236 cm³/mol. The molecule has 0 spiro atoms. The van der Waals surface area contributed by atoms with Crippen LogP contribution >= 0.6 is 15.9 Å². The van der Waals surface area contributed by atoms with E-state index in [1.807, 2.05) is 0 Å². The molecule has 0 aliphatic carbocycles. The van der Waals surface area contributed by atoms with Crippen molar-refractivity contribution in [3.63, 3.8) is 0 Å². The number of aromatic nitrogens is 2. The van der Waals surface area contributed by atoms with Crippen LogP contribution in [0.25, 0.3) is 98.1 Å². The molecule has 0 aliphatic rings. The van der Waals surface area contributed by atoms with Crippen LogP contribution in [0.5, 0.6) is 0 Å². The Morgan fingerprint density at radius 3 is 1.17 bits per heavy atom. The zero-order valence-corrected chi connectivity index (χ0v) is 32.4. The van der Waals surface area contributed by atoms with Crippen molar-refractivity contribution in [3.8, 4) is 11.4 Å². The smallest absolute Gasteiger partial charge is 0.0777 e. The van der Waals surface area contributed by atoms with Gasteiger partial charge in [-0.05, 0) is 108 Å². The molecule has 0 saturated carbocycles. The minimum absolute atomic E-state index is 1.08. The molecule has 9 aromatic carbocycles. The first-order valence-electron chi connectivity index (χ1n) is 18.4. The van der Waals surface area contributed by atoms with E-state index in [0.29, 0.717) is 0 Å². The lowest BCUT2D eigenvalue weighted by molar-refractivity contribution is 1.12. The lowest BCUT2D eigenvalue weighted by Gasteiger charge is -2.23. The highest BCUT2D eigenvalue weighted by Crippen LogP contribution is 2.44. The molecule has 0 atom stereocenters. The van der Waals surface area contributed by atoms with Crippen LogP contribution < -0.4 is 5.19 Å². The number of halogens is 1. The minimum atomic E-state index is -1.84. The summed E-state index contributed by atoms with van der Waals surface area (Å²) in [5.41, 5.74) is 7.20. The van der Waals surface area contributed by atoms with Crippen molar-refractivity contribution in [2.45, 2.75) is 19.6 Å². The molecule has 0 radical (unpaired) electrons. The highest BCUT2D eigenvalue weighted by molar-refractivity contribution is 9.10. The van der Waals surface area contributed by atoms with Gasteiger partial charge in [0.05, 0.1) is 46.0 Å². The van der Waals surface area contributed by atoms with E-state index < -0.39 is 8.07 Å². The van der Waals surface area contributed by atoms with Crippen LogP contribution in [0.2, 0.25) is 19.6 Å². The summed E-state index contributed by atoms with van der Waals surface area (Å²) in [7, 11) is -1.84. The third-order valence-corrected chi connectivity index (χ3v) is 14.3. The van der Waals surface area contributed by atoms with Gasteiger partial charge in [0.1, 0.15) is 0 Å². The molecule has 53 heavy (non-hydrogen) atoms. The molecular formula is C49H35BrN2Si. The molecule has 0 amide bonds. The molecule has 0 unspecified atom stereocenters. The van der Waals surface area contributed by atoms with Crippen LogP contribution in [0.15, 0.2) is 162 Å². The fourth-order valence-corrected chi connectivity index (χ4v) is 10.5. The monoisotopic (exact) mass is 758 g/mol. The quantitative estimate of drug-likeness (QED) is 0.159. The molecule has 2 aromatic heterocycles. The molecule has 252 valence electrons. The predicted octanol–water partition coefficient (Wildman–Crippen LogP) is 13.8. The third kappa shape index (κ3) is 4.49. The Hall–Kier alpha value is -5.68. The van der Waals surface area contributed by atoms with Gasteiger partial charge in [-0.25, -0.2) is 0 Å². The summed E-state index contributed by atoms with van der Waals surface area (Å²) in [6.07, 6.45) is 0. The first-order chi connectivity index (χ1) is 25.8. The van der Waals surface area contributed by atoms with Crippen LogP contribution in [-0.2, 0) is 0 Å². The van der Waals surface area contributed by atoms with E-state index in [4.69, 9.17) is 0 Å². The normalized spacial score (nSPS) is 12.5. The summed E-state index contributed by atoms with van der Waals surface area (Å²) in [5, 5.41) is 16.6. The maximum Gasteiger partial charge on any atom is 0.0777 e. The zero-order chi connectivity index (χ0) is 35.6. The molecule has 0 aliphatic heterocycles. The summed E-state index contributed by atoms with van der Waals surface area (Å²) in [6.45, 7) is 7.39. The van der Waals surface area contributed by atoms with Crippen molar-refractivity contribution >= 4 is 116 Å². The lowest BCUT2D eigenvalue weighted by atomic mass is 10.0. The first kappa shape index (κ1) is 30.9. The number of hydrogen-bond donors (Lipinski definition) is 0. The summed E-state index contributed by atoms with van der Waals surface area (Å²) < 4.78 is 6.14. The van der Waals surface area contributed by atoms with E-state index in [9.17, 15) is 0 Å². The summed E-state index contributed by atoms with van der Waals surface area (Å²) in [4.78, 5) is 0. The third-order valence-electron chi connectivity index (χ3n) is 11.4. The first-order valence-corrected chi connectivity index (χ1v) is 22.7. The van der Waals surface area contributed by atoms with Crippen LogP contribution in [0, 0.1) is 0 Å². The molecule has 0 saturated heterocycles. The van der Waals surface area contributed by atoms with Crippen LogP contribution in [-0.4, -0.2) is 17.2 Å². The van der Waals surface area contributed by atoms with Gasteiger partial charge < -0.3 is 9.13 Å². The number of fused-ring (bicyclic) bond motifs is 12. The van der Waals surface area contributed by atoms with E-state index >= 15 is 0 Å². The Morgan fingerprint density at radius 2 is 0.755 bits per heavy atom. The highest BCUT2D eigenvalue weighted by Gasteiger charge is 2.26. The zero-order valence-electron chi connectivity index (χ0n) is 29.8. The van der Waals surface area contributed by atoms with Crippen molar-refractivity contribution in [2.75, 3.05) is 0 Å². The lowest BCUT2D eigenvalue weighted by Crippen LogP contribution is -2.38. The molecule has 2 nitrogen and oxygen atoms in total. The number of hydrogen-bond acceptors (Lipinski definition) is 0. The molecule has 0 fully saturated rings. The molecule has 11 aromatic rings. The van der Waals surface area contributed by atoms with Crippen molar-refractivity contribution in [3.05, 3.63) is 162 Å². The molecule has 4 heteroatoms. The van der Waals surface area contributed by atoms with Gasteiger partial charge in [0.25, 0.3) is 0 Å². The van der Waals surface area contributed by atoms with Gasteiger partial charge in [0.2, 0.25) is 0 Å². The van der Waals surface area contributed by atoms with Crippen LogP contribution in [0.4, 0.5) is 0 Å². The molecule has 0 N–H and O–H groups in total. The SMILES string of the molecule is C[Si](C)(C)c1cc(-n2c3cc4ccccc4cc3c3c4ccccc4ccc32)c(Br)c(-n2c3cc4ccccc4cc3c3c4ccccc4ccc32)c1. The second-order valence-electron chi connectivity index (χ2n) is 15.5. The average Bonchev–Trinajstić information content (AvgIpc) is 3.67. The summed E-state index contributed by atoms with van der Waals surface area (Å²) >= 11 is 4.34. The van der Waals surface area contributed by atoms with Gasteiger partial charge in [-0.2, -0.15) is 0 Å². The van der Waals surface area contributed by atoms with Crippen molar-refractivity contribution < 1.29 is 0 Å². The Labute approximate surface area is 316 Å². The highest BCUT2D eigenvalue weighted by atomic mass is 79.9. The Morgan fingerprint density at radius 1 is 0.377 bits per heavy atom. The van der Waals surface area contributed by atoms with Crippen molar-refractivity contribution in [1.29, 1.82) is 0 Å². The largest absolute Gasteiger partial charge is 0.308 e. The van der Waals surface area contributed by atoms with E-state index in [2.05, 4.69) is 202 Å². The van der Waals surface area contributed by atoms with E-state index in [0.717, 1.165) is 4.47 Å². The van der Waals surface area contributed by atoms with E-state index in [1.54, 1.807) is 0 Å². The fraction of sp³-hybridized carbons (Fsp3) is 0.0612. The molecule has 11 rings (SSSR count). The Kier molecular flexibility index (Phi) is 6.51. The minimum Gasteiger partial charge on any atom is -0.308 e. The average molecular weight is 760 g/mol. The second kappa shape index (κ2) is 11.2. The standard InChI is InChI=1S/C49H35BrN2Si/c1-53(2,3)36-28-45(51-41-22-20-30-12-8-10-18-37(30)47(41)39-24-32-14-4-6-16-34(32)26-43(39)51)49(50)46(29-36)52-42-23-21-31-13-9-11-19-38(31)48(42)40-25-33-15-5-7-17-35(33)27-44(40)52/h4-29H,1-3H3. The Balaban J connectivity index is 1.33. The maximum absolute atomic E-state index is 4.34. The summed E-state index contributed by atoms with van der Waals surface area (Å²) in [5.74, 6) is 0. The van der Waals surface area contributed by atoms with Gasteiger partial charge in [-0.15, -0.1) is 0 Å². The van der Waals surface area contributed by atoms with Crippen LogP contribution in [0.3, 0.4) is 0 Å². The molecule has 0 bridgehead atoms. The molecule has 2 heterocycles. The van der Waals surface area contributed by atoms with E-state index in [1.165, 1.54) is 103 Å². The van der Waals surface area contributed by atoms with Gasteiger partial charge in [-0.3, -0.25) is 0 Å². The fourth-order valence-electron chi connectivity index (χ4n) is 8.82. The number of rotatable bonds is 3. The number of benzene rings is 9. The van der Waals surface area contributed by atoms with Crippen LogP contribution in [0.1, 0.15) is 0 Å². The second-order valence-corrected chi connectivity index (χ2v) is 21.4. The van der Waals surface area contributed by atoms with Gasteiger partial charge >= 0.3 is 0 Å². The van der Waals surface area contributed by atoms with Gasteiger partial charge in [0, 0.05) is 21.5 Å². The Bertz CT molecular complexity index is 3130. The topological polar surface area (TPSA) is 9.86 Å². The van der Waals surface area contributed by atoms with Gasteiger partial charge in [0.15, 0.2) is 0 Å². The van der Waals surface area contributed by atoms with Crippen molar-refractivity contribution in [2.24, 2.45) is 0 Å². The van der Waals surface area contributed by atoms with E-state index in [-0.39, 0.29) is 0 Å². The molecular weight excluding hydrogens is 725 g/mol. The number of nitrogens with zero attached hydrogens (tertiary/aromatic N) is 2. The maximum atomic E-state index is 4.34.